The molecule has 6 nitrogen and oxygen atoms in total. The van der Waals surface area contributed by atoms with Gasteiger partial charge in [0.25, 0.3) is 11.8 Å². The monoisotopic (exact) mass is 312 g/mol. The maximum atomic E-state index is 11.7. The third-order valence-electron chi connectivity index (χ3n) is 2.52. The van der Waals surface area contributed by atoms with E-state index in [9.17, 15) is 14.4 Å². The predicted molar refractivity (Wildman–Crippen MR) is 77.5 cm³/mol. The van der Waals surface area contributed by atoms with Gasteiger partial charge in [-0.05, 0) is 30.7 Å². The number of unbranched alkanes of at least 4 members (excludes halogenated alkanes) is 1. The van der Waals surface area contributed by atoms with E-state index in [0.717, 1.165) is 6.42 Å². The Morgan fingerprint density at radius 3 is 2.43 bits per heavy atom. The van der Waals surface area contributed by atoms with Gasteiger partial charge in [-0.2, -0.15) is 0 Å². The fraction of sp³-hybridized carbons (Fsp3) is 0.357. The minimum atomic E-state index is -0.609. The van der Waals surface area contributed by atoms with Crippen LogP contribution < -0.4 is 10.9 Å². The van der Waals surface area contributed by atoms with Crippen molar-refractivity contribution in [2.75, 3.05) is 6.61 Å². The molecule has 1 rings (SSSR count). The second-order valence-corrected chi connectivity index (χ2v) is 4.71. The minimum Gasteiger partial charge on any atom is -0.455 e. The normalized spacial score (nSPS) is 9.81. The number of esters is 1. The molecular formula is C14H17ClN2O4. The number of ether oxygens (including phenoxy) is 1. The Labute approximate surface area is 127 Å². The maximum absolute atomic E-state index is 11.7. The summed E-state index contributed by atoms with van der Waals surface area (Å²) in [7, 11) is 0. The maximum Gasteiger partial charge on any atom is 0.306 e. The molecule has 0 aliphatic rings. The summed E-state index contributed by atoms with van der Waals surface area (Å²) in [6.07, 6.45) is 1.87. The van der Waals surface area contributed by atoms with Crippen LogP contribution in [0, 0.1) is 0 Å². The Bertz CT molecular complexity index is 502. The lowest BCUT2D eigenvalue weighted by atomic mass is 10.2. The molecule has 0 unspecified atom stereocenters. The highest BCUT2D eigenvalue weighted by molar-refractivity contribution is 6.30. The van der Waals surface area contributed by atoms with Crippen LogP contribution in [0.2, 0.25) is 5.02 Å². The number of rotatable bonds is 6. The van der Waals surface area contributed by atoms with E-state index >= 15 is 0 Å². The van der Waals surface area contributed by atoms with Gasteiger partial charge in [0.15, 0.2) is 6.61 Å². The molecule has 21 heavy (non-hydrogen) atoms. The summed E-state index contributed by atoms with van der Waals surface area (Å²) in [6.45, 7) is 1.52. The van der Waals surface area contributed by atoms with Crippen LogP contribution in [-0.2, 0) is 14.3 Å². The number of hydrazine groups is 1. The molecule has 0 spiro atoms. The third kappa shape index (κ3) is 6.76. The molecule has 0 aliphatic heterocycles. The first kappa shape index (κ1) is 17.0. The third-order valence-corrected chi connectivity index (χ3v) is 2.77. The van der Waals surface area contributed by atoms with Crippen LogP contribution in [0.4, 0.5) is 0 Å². The molecule has 1 aromatic carbocycles. The first-order chi connectivity index (χ1) is 10.0. The fourth-order valence-corrected chi connectivity index (χ4v) is 1.50. The van der Waals surface area contributed by atoms with Crippen molar-refractivity contribution in [3.05, 3.63) is 34.9 Å². The lowest BCUT2D eigenvalue weighted by Crippen LogP contribution is -2.43. The van der Waals surface area contributed by atoms with E-state index in [0.29, 0.717) is 17.0 Å². The number of halogens is 1. The quantitative estimate of drug-likeness (QED) is 0.620. The number of hydrogen-bond donors (Lipinski definition) is 2. The van der Waals surface area contributed by atoms with Gasteiger partial charge in [-0.15, -0.1) is 0 Å². The molecule has 114 valence electrons. The first-order valence-corrected chi connectivity index (χ1v) is 6.91. The van der Waals surface area contributed by atoms with Gasteiger partial charge in [0, 0.05) is 17.0 Å². The summed E-state index contributed by atoms with van der Waals surface area (Å²) in [5.41, 5.74) is 4.72. The molecule has 0 radical (unpaired) electrons. The van der Waals surface area contributed by atoms with Crippen molar-refractivity contribution in [2.45, 2.75) is 26.2 Å². The molecule has 0 bridgehead atoms. The zero-order chi connectivity index (χ0) is 15.7. The van der Waals surface area contributed by atoms with Crippen molar-refractivity contribution in [3.63, 3.8) is 0 Å². The molecule has 0 saturated heterocycles. The molecule has 0 aromatic heterocycles. The summed E-state index contributed by atoms with van der Waals surface area (Å²) in [4.78, 5) is 34.2. The molecule has 2 amide bonds. The Morgan fingerprint density at radius 1 is 1.14 bits per heavy atom. The molecule has 0 fully saturated rings. The SMILES string of the molecule is CCCCC(=O)OCC(=O)NNC(=O)c1ccc(Cl)cc1. The molecule has 1 aromatic rings. The summed E-state index contributed by atoms with van der Waals surface area (Å²) in [6, 6.07) is 6.17. The molecule has 2 N–H and O–H groups in total. The second-order valence-electron chi connectivity index (χ2n) is 4.27. The highest BCUT2D eigenvalue weighted by atomic mass is 35.5. The summed E-state index contributed by atoms with van der Waals surface area (Å²) >= 11 is 5.70. The van der Waals surface area contributed by atoms with Crippen molar-refractivity contribution in [2.24, 2.45) is 0 Å². The van der Waals surface area contributed by atoms with Crippen molar-refractivity contribution in [1.82, 2.24) is 10.9 Å². The molecule has 0 heterocycles. The van der Waals surface area contributed by atoms with Gasteiger partial charge < -0.3 is 4.74 Å². The summed E-state index contributed by atoms with van der Waals surface area (Å²) in [5.74, 6) is -1.53. The number of carbonyl (C=O) groups is 3. The standard InChI is InChI=1S/C14H17ClN2O4/c1-2-3-4-13(19)21-9-12(18)16-17-14(20)10-5-7-11(15)8-6-10/h5-8H,2-4,9H2,1H3,(H,16,18)(H,17,20). The Balaban J connectivity index is 2.28. The summed E-state index contributed by atoms with van der Waals surface area (Å²) < 4.78 is 4.74. The van der Waals surface area contributed by atoms with Crippen LogP contribution in [0.5, 0.6) is 0 Å². The second kappa shape index (κ2) is 8.97. The van der Waals surface area contributed by atoms with Crippen molar-refractivity contribution in [3.8, 4) is 0 Å². The van der Waals surface area contributed by atoms with Gasteiger partial charge in [-0.3, -0.25) is 25.2 Å². The van der Waals surface area contributed by atoms with E-state index in [1.807, 2.05) is 6.92 Å². The molecule has 0 saturated carbocycles. The van der Waals surface area contributed by atoms with E-state index in [1.54, 1.807) is 12.1 Å². The first-order valence-electron chi connectivity index (χ1n) is 6.53. The predicted octanol–water partition coefficient (Wildman–Crippen LogP) is 1.83. The van der Waals surface area contributed by atoms with Gasteiger partial charge in [-0.25, -0.2) is 0 Å². The van der Waals surface area contributed by atoms with E-state index in [-0.39, 0.29) is 6.42 Å². The lowest BCUT2D eigenvalue weighted by Gasteiger charge is -2.08. The van der Waals surface area contributed by atoms with Gasteiger partial charge in [0.2, 0.25) is 0 Å². The highest BCUT2D eigenvalue weighted by Crippen LogP contribution is 2.08. The Kier molecular flexibility index (Phi) is 7.25. The van der Waals surface area contributed by atoms with Crippen LogP contribution in [0.3, 0.4) is 0 Å². The number of carbonyl (C=O) groups excluding carboxylic acids is 3. The van der Waals surface area contributed by atoms with Crippen LogP contribution in [0.25, 0.3) is 0 Å². The van der Waals surface area contributed by atoms with E-state index in [1.165, 1.54) is 12.1 Å². The molecule has 0 atom stereocenters. The lowest BCUT2D eigenvalue weighted by molar-refractivity contribution is -0.148. The molecular weight excluding hydrogens is 296 g/mol. The zero-order valence-electron chi connectivity index (χ0n) is 11.6. The average Bonchev–Trinajstić information content (AvgIpc) is 2.49. The van der Waals surface area contributed by atoms with Gasteiger partial charge >= 0.3 is 5.97 Å². The number of hydrogen-bond acceptors (Lipinski definition) is 4. The van der Waals surface area contributed by atoms with Crippen LogP contribution in [0.1, 0.15) is 36.5 Å². The number of amides is 2. The zero-order valence-corrected chi connectivity index (χ0v) is 12.4. The van der Waals surface area contributed by atoms with Crippen LogP contribution in [0.15, 0.2) is 24.3 Å². The fourth-order valence-electron chi connectivity index (χ4n) is 1.38. The Morgan fingerprint density at radius 2 is 1.81 bits per heavy atom. The van der Waals surface area contributed by atoms with Crippen molar-refractivity contribution < 1.29 is 19.1 Å². The summed E-state index contributed by atoms with van der Waals surface area (Å²) in [5, 5.41) is 0.509. The number of benzene rings is 1. The van der Waals surface area contributed by atoms with E-state index in [2.05, 4.69) is 10.9 Å². The van der Waals surface area contributed by atoms with E-state index < -0.39 is 24.4 Å². The van der Waals surface area contributed by atoms with Gasteiger partial charge in [0.1, 0.15) is 0 Å². The van der Waals surface area contributed by atoms with Crippen molar-refractivity contribution in [1.29, 1.82) is 0 Å². The smallest absolute Gasteiger partial charge is 0.306 e. The minimum absolute atomic E-state index is 0.279. The Hall–Kier alpha value is -2.08. The van der Waals surface area contributed by atoms with Crippen LogP contribution >= 0.6 is 11.6 Å². The van der Waals surface area contributed by atoms with Crippen molar-refractivity contribution >= 4 is 29.4 Å². The number of nitrogens with one attached hydrogen (secondary N) is 2. The van der Waals surface area contributed by atoms with E-state index in [4.69, 9.17) is 16.3 Å². The van der Waals surface area contributed by atoms with Gasteiger partial charge in [0.05, 0.1) is 0 Å². The van der Waals surface area contributed by atoms with Gasteiger partial charge in [-0.1, -0.05) is 24.9 Å². The van der Waals surface area contributed by atoms with Crippen LogP contribution in [-0.4, -0.2) is 24.4 Å². The highest BCUT2D eigenvalue weighted by Gasteiger charge is 2.09. The molecule has 7 heteroatoms. The largest absolute Gasteiger partial charge is 0.455 e. The average molecular weight is 313 g/mol. The molecule has 0 aliphatic carbocycles. The topological polar surface area (TPSA) is 84.5 Å².